The van der Waals surface area contributed by atoms with Gasteiger partial charge in [0.25, 0.3) is 5.91 Å². The Morgan fingerprint density at radius 2 is 1.62 bits per heavy atom. The van der Waals surface area contributed by atoms with Crippen molar-refractivity contribution in [2.45, 2.75) is 12.1 Å². The SMILES string of the molecule is Cc1ccccc1-n1cnnc1SCC(=O)Nc1ccccc1C(=O)Nc1ccccc1. The second-order valence-electron chi connectivity index (χ2n) is 6.97. The van der Waals surface area contributed by atoms with Gasteiger partial charge in [0.05, 0.1) is 22.7 Å². The number of thioether (sulfide) groups is 1. The van der Waals surface area contributed by atoms with Crippen LogP contribution in [0, 0.1) is 6.92 Å². The minimum absolute atomic E-state index is 0.124. The first kappa shape index (κ1) is 21.3. The molecule has 160 valence electrons. The van der Waals surface area contributed by atoms with Crippen molar-refractivity contribution in [3.8, 4) is 5.69 Å². The molecule has 0 aliphatic carbocycles. The molecule has 0 radical (unpaired) electrons. The number of hydrogen-bond donors (Lipinski definition) is 2. The average molecular weight is 444 g/mol. The summed E-state index contributed by atoms with van der Waals surface area (Å²) < 4.78 is 1.86. The summed E-state index contributed by atoms with van der Waals surface area (Å²) >= 11 is 1.28. The zero-order valence-corrected chi connectivity index (χ0v) is 18.2. The second-order valence-corrected chi connectivity index (χ2v) is 7.92. The maximum Gasteiger partial charge on any atom is 0.257 e. The summed E-state index contributed by atoms with van der Waals surface area (Å²) in [4.78, 5) is 25.3. The quantitative estimate of drug-likeness (QED) is 0.409. The van der Waals surface area contributed by atoms with Crippen LogP contribution in [0.1, 0.15) is 15.9 Å². The summed E-state index contributed by atoms with van der Waals surface area (Å²) in [6, 6.07) is 24.0. The minimum Gasteiger partial charge on any atom is -0.325 e. The molecule has 0 saturated carbocycles. The molecule has 0 fully saturated rings. The van der Waals surface area contributed by atoms with Crippen LogP contribution in [0.5, 0.6) is 0 Å². The van der Waals surface area contributed by atoms with Gasteiger partial charge in [0.15, 0.2) is 5.16 Å². The van der Waals surface area contributed by atoms with E-state index < -0.39 is 0 Å². The van der Waals surface area contributed by atoms with Crippen LogP contribution in [0.25, 0.3) is 5.69 Å². The first-order valence-electron chi connectivity index (χ1n) is 9.96. The number of carbonyl (C=O) groups excluding carboxylic acids is 2. The first-order chi connectivity index (χ1) is 15.6. The van der Waals surface area contributed by atoms with E-state index in [-0.39, 0.29) is 17.6 Å². The second kappa shape index (κ2) is 9.93. The lowest BCUT2D eigenvalue weighted by atomic mass is 10.1. The Balaban J connectivity index is 1.42. The van der Waals surface area contributed by atoms with E-state index in [1.807, 2.05) is 54.0 Å². The largest absolute Gasteiger partial charge is 0.325 e. The monoisotopic (exact) mass is 443 g/mol. The van der Waals surface area contributed by atoms with Gasteiger partial charge in [-0.25, -0.2) is 0 Å². The molecule has 0 aliphatic rings. The van der Waals surface area contributed by atoms with E-state index in [2.05, 4.69) is 20.8 Å². The highest BCUT2D eigenvalue weighted by Crippen LogP contribution is 2.23. The summed E-state index contributed by atoms with van der Waals surface area (Å²) in [5.74, 6) is -0.410. The van der Waals surface area contributed by atoms with E-state index >= 15 is 0 Å². The standard InChI is InChI=1S/C24H21N5O2S/c1-17-9-5-8-14-21(17)29-16-25-28-24(29)32-15-22(30)27-20-13-7-6-12-19(20)23(31)26-18-10-3-2-4-11-18/h2-14,16H,15H2,1H3,(H,26,31)(H,27,30). The molecule has 4 aromatic rings. The number of rotatable bonds is 7. The van der Waals surface area contributed by atoms with Crippen LogP contribution in [0.2, 0.25) is 0 Å². The van der Waals surface area contributed by atoms with Gasteiger partial charge >= 0.3 is 0 Å². The summed E-state index contributed by atoms with van der Waals surface area (Å²) in [6.45, 7) is 2.01. The molecule has 0 unspecified atom stereocenters. The van der Waals surface area contributed by atoms with Crippen molar-refractivity contribution < 1.29 is 9.59 Å². The summed E-state index contributed by atoms with van der Waals surface area (Å²) in [5.41, 5.74) is 3.56. The summed E-state index contributed by atoms with van der Waals surface area (Å²) in [6.07, 6.45) is 1.63. The molecule has 2 N–H and O–H groups in total. The van der Waals surface area contributed by atoms with Crippen molar-refractivity contribution in [2.75, 3.05) is 16.4 Å². The zero-order chi connectivity index (χ0) is 22.3. The molecule has 8 heteroatoms. The highest BCUT2D eigenvalue weighted by atomic mass is 32.2. The van der Waals surface area contributed by atoms with E-state index in [1.165, 1.54) is 11.8 Å². The number of aromatic nitrogens is 3. The number of para-hydroxylation sites is 3. The minimum atomic E-state index is -0.293. The fourth-order valence-electron chi connectivity index (χ4n) is 3.15. The van der Waals surface area contributed by atoms with Crippen molar-refractivity contribution in [3.05, 3.63) is 96.3 Å². The van der Waals surface area contributed by atoms with E-state index in [1.54, 1.807) is 42.7 Å². The molecule has 7 nitrogen and oxygen atoms in total. The number of anilines is 2. The van der Waals surface area contributed by atoms with Crippen molar-refractivity contribution in [1.29, 1.82) is 0 Å². The third kappa shape index (κ3) is 5.04. The van der Waals surface area contributed by atoms with E-state index in [4.69, 9.17) is 0 Å². The van der Waals surface area contributed by atoms with Crippen LogP contribution >= 0.6 is 11.8 Å². The smallest absolute Gasteiger partial charge is 0.257 e. The molecule has 0 bridgehead atoms. The third-order valence-corrected chi connectivity index (χ3v) is 5.64. The Morgan fingerprint density at radius 3 is 2.44 bits per heavy atom. The van der Waals surface area contributed by atoms with Gasteiger partial charge in [0, 0.05) is 5.69 Å². The van der Waals surface area contributed by atoms with Gasteiger partial charge in [-0.05, 0) is 42.8 Å². The normalized spacial score (nSPS) is 10.5. The number of benzene rings is 3. The van der Waals surface area contributed by atoms with Crippen molar-refractivity contribution in [2.24, 2.45) is 0 Å². The lowest BCUT2D eigenvalue weighted by Crippen LogP contribution is -2.19. The van der Waals surface area contributed by atoms with E-state index in [9.17, 15) is 9.59 Å². The van der Waals surface area contributed by atoms with Gasteiger partial charge in [0.1, 0.15) is 6.33 Å². The molecule has 0 spiro atoms. The van der Waals surface area contributed by atoms with Gasteiger partial charge in [-0.3, -0.25) is 14.2 Å². The van der Waals surface area contributed by atoms with Crippen molar-refractivity contribution in [3.63, 3.8) is 0 Å². The Hall–Kier alpha value is -3.91. The molecule has 4 rings (SSSR count). The van der Waals surface area contributed by atoms with Gasteiger partial charge in [-0.1, -0.05) is 60.3 Å². The number of hydrogen-bond acceptors (Lipinski definition) is 5. The zero-order valence-electron chi connectivity index (χ0n) is 17.4. The van der Waals surface area contributed by atoms with E-state index in [0.717, 1.165) is 11.3 Å². The first-order valence-corrected chi connectivity index (χ1v) is 10.9. The molecule has 32 heavy (non-hydrogen) atoms. The summed E-state index contributed by atoms with van der Waals surface area (Å²) in [7, 11) is 0. The molecule has 1 heterocycles. The topological polar surface area (TPSA) is 88.9 Å². The summed E-state index contributed by atoms with van der Waals surface area (Å²) in [5, 5.41) is 14.4. The number of amides is 2. The lowest BCUT2D eigenvalue weighted by molar-refractivity contribution is -0.113. The van der Waals surface area contributed by atoms with Crippen LogP contribution in [0.3, 0.4) is 0 Å². The Labute approximate surface area is 189 Å². The van der Waals surface area contributed by atoms with Crippen LogP contribution in [0.4, 0.5) is 11.4 Å². The molecule has 1 aromatic heterocycles. The molecule has 2 amide bonds. The molecular weight excluding hydrogens is 422 g/mol. The van der Waals surface area contributed by atoms with Crippen LogP contribution in [-0.4, -0.2) is 32.3 Å². The maximum absolute atomic E-state index is 12.7. The molecule has 0 atom stereocenters. The predicted octanol–water partition coefficient (Wildman–Crippen LogP) is 4.56. The highest BCUT2D eigenvalue weighted by Gasteiger charge is 2.15. The Morgan fingerprint density at radius 1 is 0.906 bits per heavy atom. The predicted molar refractivity (Wildman–Crippen MR) is 126 cm³/mol. The average Bonchev–Trinajstić information content (AvgIpc) is 3.27. The van der Waals surface area contributed by atoms with Gasteiger partial charge in [-0.15, -0.1) is 10.2 Å². The number of nitrogens with zero attached hydrogens (tertiary/aromatic N) is 3. The number of carbonyl (C=O) groups is 2. The Kier molecular flexibility index (Phi) is 6.62. The van der Waals surface area contributed by atoms with Crippen molar-refractivity contribution in [1.82, 2.24) is 14.8 Å². The Bertz CT molecular complexity index is 1240. The molecule has 3 aromatic carbocycles. The molecule has 0 saturated heterocycles. The van der Waals surface area contributed by atoms with Gasteiger partial charge in [0.2, 0.25) is 5.91 Å². The number of aryl methyl sites for hydroxylation is 1. The third-order valence-electron chi connectivity index (χ3n) is 4.70. The molecular formula is C24H21N5O2S. The molecule has 0 aliphatic heterocycles. The maximum atomic E-state index is 12.7. The van der Waals surface area contributed by atoms with Crippen LogP contribution < -0.4 is 10.6 Å². The highest BCUT2D eigenvalue weighted by molar-refractivity contribution is 7.99. The number of nitrogens with one attached hydrogen (secondary N) is 2. The fourth-order valence-corrected chi connectivity index (χ4v) is 3.87. The van der Waals surface area contributed by atoms with Gasteiger partial charge in [-0.2, -0.15) is 0 Å². The lowest BCUT2D eigenvalue weighted by Gasteiger charge is -2.12. The van der Waals surface area contributed by atoms with E-state index in [0.29, 0.717) is 22.1 Å². The van der Waals surface area contributed by atoms with Crippen molar-refractivity contribution >= 4 is 35.0 Å². The van der Waals surface area contributed by atoms with Gasteiger partial charge < -0.3 is 10.6 Å². The van der Waals surface area contributed by atoms with Crippen LogP contribution in [-0.2, 0) is 4.79 Å². The fraction of sp³-hybridized carbons (Fsp3) is 0.0833. The van der Waals surface area contributed by atoms with Crippen LogP contribution in [0.15, 0.2) is 90.3 Å².